The molecule has 1 saturated carbocycles. The van der Waals surface area contributed by atoms with E-state index in [1.807, 2.05) is 0 Å². The summed E-state index contributed by atoms with van der Waals surface area (Å²) in [4.78, 5) is 24.1. The minimum Gasteiger partial charge on any atom is -0.353 e. The Balaban J connectivity index is 1.82. The third-order valence-electron chi connectivity index (χ3n) is 4.41. The van der Waals surface area contributed by atoms with Crippen LogP contribution in [0.3, 0.4) is 0 Å². The van der Waals surface area contributed by atoms with Crippen molar-refractivity contribution in [2.24, 2.45) is 5.92 Å². The van der Waals surface area contributed by atoms with Crippen LogP contribution < -0.4 is 10.6 Å². The Morgan fingerprint density at radius 1 is 1.17 bits per heavy atom. The second-order valence-electron chi connectivity index (χ2n) is 6.55. The quantitative estimate of drug-likeness (QED) is 0.837. The lowest BCUT2D eigenvalue weighted by molar-refractivity contribution is -0.126. The van der Waals surface area contributed by atoms with E-state index < -0.39 is 17.7 Å². The summed E-state index contributed by atoms with van der Waals surface area (Å²) in [5.74, 6) is -1.57. The highest BCUT2D eigenvalue weighted by atomic mass is 19.1. The van der Waals surface area contributed by atoms with Crippen LogP contribution in [0, 0.1) is 17.6 Å². The van der Waals surface area contributed by atoms with E-state index in [-0.39, 0.29) is 35.8 Å². The maximum atomic E-state index is 13.7. The summed E-state index contributed by atoms with van der Waals surface area (Å²) in [6.45, 7) is 3.41. The Kier molecular flexibility index (Phi) is 6.29. The number of rotatable bonds is 6. The maximum absolute atomic E-state index is 13.7. The number of nitrogens with one attached hydrogen (secondary N) is 2. The number of hydrogen-bond acceptors (Lipinski definition) is 2. The number of benzene rings is 1. The third-order valence-corrected chi connectivity index (χ3v) is 4.41. The summed E-state index contributed by atoms with van der Waals surface area (Å²) in [6, 6.07) is 2.41. The topological polar surface area (TPSA) is 58.2 Å². The highest BCUT2D eigenvalue weighted by molar-refractivity contribution is 5.81. The fourth-order valence-corrected chi connectivity index (χ4v) is 3.11. The van der Waals surface area contributed by atoms with E-state index >= 15 is 0 Å². The highest BCUT2D eigenvalue weighted by Gasteiger charge is 2.24. The van der Waals surface area contributed by atoms with E-state index in [0.29, 0.717) is 0 Å². The van der Waals surface area contributed by atoms with Gasteiger partial charge in [-0.25, -0.2) is 8.78 Å². The van der Waals surface area contributed by atoms with Crippen molar-refractivity contribution >= 4 is 11.8 Å². The Labute approximate surface area is 141 Å². The van der Waals surface area contributed by atoms with Gasteiger partial charge in [-0.1, -0.05) is 18.9 Å². The molecule has 1 fully saturated rings. The molecule has 0 radical (unpaired) electrons. The molecule has 1 aliphatic carbocycles. The minimum absolute atomic E-state index is 0.00503. The molecule has 0 spiro atoms. The van der Waals surface area contributed by atoms with Gasteiger partial charge in [-0.15, -0.1) is 0 Å². The normalized spacial score (nSPS) is 17.3. The van der Waals surface area contributed by atoms with Crippen LogP contribution in [0.25, 0.3) is 0 Å². The molecule has 0 unspecified atom stereocenters. The average molecular weight is 338 g/mol. The zero-order valence-electron chi connectivity index (χ0n) is 14.1. The van der Waals surface area contributed by atoms with Crippen LogP contribution >= 0.6 is 0 Å². The van der Waals surface area contributed by atoms with Crippen molar-refractivity contribution in [2.75, 3.05) is 0 Å². The second-order valence-corrected chi connectivity index (χ2v) is 6.55. The molecule has 0 aromatic heterocycles. The molecule has 132 valence electrons. The van der Waals surface area contributed by atoms with E-state index in [1.165, 1.54) is 6.07 Å². The number of carbonyl (C=O) groups excluding carboxylic acids is 2. The molecule has 1 aromatic rings. The average Bonchev–Trinajstić information content (AvgIpc) is 3.00. The van der Waals surface area contributed by atoms with Crippen molar-refractivity contribution in [1.29, 1.82) is 0 Å². The number of amides is 2. The number of carbonyl (C=O) groups is 2. The lowest BCUT2D eigenvalue weighted by Gasteiger charge is -2.19. The molecule has 1 aromatic carbocycles. The van der Waals surface area contributed by atoms with E-state index in [0.717, 1.165) is 37.8 Å². The summed E-state index contributed by atoms with van der Waals surface area (Å²) >= 11 is 0. The maximum Gasteiger partial charge on any atom is 0.223 e. The molecule has 2 rings (SSSR count). The Bertz CT molecular complexity index is 601. The van der Waals surface area contributed by atoms with Crippen LogP contribution in [0.5, 0.6) is 0 Å². The zero-order valence-corrected chi connectivity index (χ0v) is 14.1. The fraction of sp³-hybridized carbons (Fsp3) is 0.556. The first-order valence-electron chi connectivity index (χ1n) is 8.41. The summed E-state index contributed by atoms with van der Waals surface area (Å²) in [5.41, 5.74) is 0.229. The molecule has 2 amide bonds. The van der Waals surface area contributed by atoms with Crippen molar-refractivity contribution in [1.82, 2.24) is 10.6 Å². The predicted molar refractivity (Wildman–Crippen MR) is 87.1 cm³/mol. The van der Waals surface area contributed by atoms with Gasteiger partial charge in [0.05, 0.1) is 6.04 Å². The van der Waals surface area contributed by atoms with Gasteiger partial charge < -0.3 is 10.6 Å². The molecule has 1 aliphatic rings. The summed E-state index contributed by atoms with van der Waals surface area (Å²) in [7, 11) is 0. The smallest absolute Gasteiger partial charge is 0.223 e. The van der Waals surface area contributed by atoms with Gasteiger partial charge in [-0.05, 0) is 32.8 Å². The zero-order chi connectivity index (χ0) is 17.7. The first kappa shape index (κ1) is 18.4. The lowest BCUT2D eigenvalue weighted by Crippen LogP contribution is -2.40. The molecule has 2 N–H and O–H groups in total. The van der Waals surface area contributed by atoms with E-state index in [1.54, 1.807) is 13.8 Å². The van der Waals surface area contributed by atoms with Gasteiger partial charge in [-0.3, -0.25) is 9.59 Å². The SMILES string of the molecule is C[C@H](CC(=O)N[C@H](C)c1ccc(F)cc1F)NC(=O)C1CCCC1. The predicted octanol–water partition coefficient (Wildman–Crippen LogP) is 3.23. The number of halogens is 2. The first-order valence-corrected chi connectivity index (χ1v) is 8.41. The lowest BCUT2D eigenvalue weighted by atomic mass is 10.1. The summed E-state index contributed by atoms with van der Waals surface area (Å²) in [5, 5.41) is 5.54. The van der Waals surface area contributed by atoms with Gasteiger partial charge in [0.15, 0.2) is 0 Å². The fourth-order valence-electron chi connectivity index (χ4n) is 3.11. The number of hydrogen-bond donors (Lipinski definition) is 2. The Morgan fingerprint density at radius 3 is 2.46 bits per heavy atom. The minimum atomic E-state index is -0.689. The Hall–Kier alpha value is -1.98. The van der Waals surface area contributed by atoms with Crippen molar-refractivity contribution in [3.63, 3.8) is 0 Å². The summed E-state index contributed by atoms with van der Waals surface area (Å²) in [6.07, 6.45) is 4.09. The van der Waals surface area contributed by atoms with Gasteiger partial charge in [0.25, 0.3) is 0 Å². The van der Waals surface area contributed by atoms with E-state index in [2.05, 4.69) is 10.6 Å². The van der Waals surface area contributed by atoms with Crippen LogP contribution in [0.4, 0.5) is 8.78 Å². The van der Waals surface area contributed by atoms with Crippen LogP contribution in [0.2, 0.25) is 0 Å². The molecule has 6 heteroatoms. The highest BCUT2D eigenvalue weighted by Crippen LogP contribution is 2.24. The van der Waals surface area contributed by atoms with Crippen molar-refractivity contribution in [2.45, 2.75) is 58.0 Å². The molecule has 4 nitrogen and oxygen atoms in total. The molecule has 0 heterocycles. The molecular formula is C18H24F2N2O2. The van der Waals surface area contributed by atoms with E-state index in [9.17, 15) is 18.4 Å². The monoisotopic (exact) mass is 338 g/mol. The van der Waals surface area contributed by atoms with Crippen molar-refractivity contribution in [3.8, 4) is 0 Å². The summed E-state index contributed by atoms with van der Waals surface area (Å²) < 4.78 is 26.6. The van der Waals surface area contributed by atoms with Gasteiger partial charge in [0, 0.05) is 30.0 Å². The van der Waals surface area contributed by atoms with Crippen molar-refractivity contribution in [3.05, 3.63) is 35.4 Å². The van der Waals surface area contributed by atoms with Crippen LogP contribution in [-0.4, -0.2) is 17.9 Å². The standard InChI is InChI=1S/C18H24F2N2O2/c1-11(21-18(24)13-5-3-4-6-13)9-17(23)22-12(2)15-8-7-14(19)10-16(15)20/h7-8,10-13H,3-6,9H2,1-2H3,(H,21,24)(H,22,23)/t11-,12-/m1/s1. The Morgan fingerprint density at radius 2 is 1.83 bits per heavy atom. The first-order chi connectivity index (χ1) is 11.4. The largest absolute Gasteiger partial charge is 0.353 e. The van der Waals surface area contributed by atoms with Gasteiger partial charge in [0.1, 0.15) is 11.6 Å². The van der Waals surface area contributed by atoms with Crippen LogP contribution in [0.1, 0.15) is 57.6 Å². The second kappa shape index (κ2) is 8.22. The molecule has 0 aliphatic heterocycles. The molecule has 24 heavy (non-hydrogen) atoms. The molecule has 0 saturated heterocycles. The van der Waals surface area contributed by atoms with Crippen LogP contribution in [-0.2, 0) is 9.59 Å². The molecular weight excluding hydrogens is 314 g/mol. The van der Waals surface area contributed by atoms with E-state index in [4.69, 9.17) is 0 Å². The van der Waals surface area contributed by atoms with Crippen molar-refractivity contribution < 1.29 is 18.4 Å². The molecule has 0 bridgehead atoms. The van der Waals surface area contributed by atoms with Gasteiger partial charge in [0.2, 0.25) is 11.8 Å². The van der Waals surface area contributed by atoms with Crippen LogP contribution in [0.15, 0.2) is 18.2 Å². The molecule has 2 atom stereocenters. The third kappa shape index (κ3) is 5.01. The van der Waals surface area contributed by atoms with Gasteiger partial charge in [-0.2, -0.15) is 0 Å². The van der Waals surface area contributed by atoms with Gasteiger partial charge >= 0.3 is 0 Å².